The summed E-state index contributed by atoms with van der Waals surface area (Å²) in [5.74, 6) is 0. The molecule has 0 aliphatic heterocycles. The molecule has 0 radical (unpaired) electrons. The predicted octanol–water partition coefficient (Wildman–Crippen LogP) is 1.53. The normalized spacial score (nSPS) is 9.50. The van der Waals surface area contributed by atoms with E-state index in [1.807, 2.05) is 22.6 Å². The first-order chi connectivity index (χ1) is 6.60. The monoisotopic (exact) mass is 303 g/mol. The van der Waals surface area contributed by atoms with Crippen LogP contribution in [0.3, 0.4) is 0 Å². The minimum atomic E-state index is -0.568. The van der Waals surface area contributed by atoms with Crippen molar-refractivity contribution in [3.63, 3.8) is 0 Å². The van der Waals surface area contributed by atoms with Gasteiger partial charge in [0, 0.05) is 16.2 Å². The number of rotatable bonds is 2. The second-order valence-electron chi connectivity index (χ2n) is 2.53. The molecule has 14 heavy (non-hydrogen) atoms. The van der Waals surface area contributed by atoms with Gasteiger partial charge in [-0.25, -0.2) is 0 Å². The molecule has 1 rings (SSSR count). The Labute approximate surface area is 93.8 Å². The van der Waals surface area contributed by atoms with Gasteiger partial charge >= 0.3 is 0 Å². The molecule has 1 aromatic rings. The average molecular weight is 303 g/mol. The highest BCUT2D eigenvalue weighted by molar-refractivity contribution is 14.1. The maximum Gasteiger partial charge on any atom is 0.288 e. The van der Waals surface area contributed by atoms with Crippen LogP contribution < -0.4 is 5.73 Å². The lowest BCUT2D eigenvalue weighted by molar-refractivity contribution is -0.385. The first kappa shape index (κ1) is 10.9. The molecule has 5 nitrogen and oxygen atoms in total. The molecular formula is C8H6IN3O2. The third-order valence-corrected chi connectivity index (χ3v) is 2.71. The van der Waals surface area contributed by atoms with Gasteiger partial charge in [0.05, 0.1) is 4.92 Å². The molecule has 0 bridgehead atoms. The number of halogens is 1. The van der Waals surface area contributed by atoms with E-state index in [2.05, 4.69) is 0 Å². The summed E-state index contributed by atoms with van der Waals surface area (Å²) < 4.78 is 0.704. The van der Waals surface area contributed by atoms with Gasteiger partial charge in [-0.05, 0) is 34.2 Å². The first-order valence-corrected chi connectivity index (χ1v) is 4.75. The number of nitro groups is 1. The highest BCUT2D eigenvalue weighted by atomic mass is 127. The molecule has 0 aromatic heterocycles. The van der Waals surface area contributed by atoms with Crippen molar-refractivity contribution in [1.29, 1.82) is 5.26 Å². The Morgan fingerprint density at radius 3 is 2.71 bits per heavy atom. The standard InChI is InChI=1S/C8H6IN3O2/c9-7-2-8(12(13)14)6(4-11)1-5(7)3-10/h1-2H,3,10H2. The summed E-state index contributed by atoms with van der Waals surface area (Å²) in [6.07, 6.45) is 0. The van der Waals surface area contributed by atoms with Gasteiger partial charge in [0.2, 0.25) is 0 Å². The van der Waals surface area contributed by atoms with Gasteiger partial charge < -0.3 is 5.73 Å². The summed E-state index contributed by atoms with van der Waals surface area (Å²) in [5, 5.41) is 19.2. The van der Waals surface area contributed by atoms with Gasteiger partial charge in [-0.15, -0.1) is 0 Å². The van der Waals surface area contributed by atoms with Crippen LogP contribution in [0, 0.1) is 25.0 Å². The molecule has 1 aromatic carbocycles. The molecule has 0 spiro atoms. The van der Waals surface area contributed by atoms with Crippen molar-refractivity contribution in [1.82, 2.24) is 0 Å². The van der Waals surface area contributed by atoms with Gasteiger partial charge in [0.1, 0.15) is 11.6 Å². The summed E-state index contributed by atoms with van der Waals surface area (Å²) in [4.78, 5) is 9.98. The van der Waals surface area contributed by atoms with Crippen molar-refractivity contribution < 1.29 is 4.92 Å². The molecule has 72 valence electrons. The Bertz CT molecular complexity index is 425. The fourth-order valence-corrected chi connectivity index (χ4v) is 1.68. The zero-order chi connectivity index (χ0) is 10.7. The second-order valence-corrected chi connectivity index (χ2v) is 3.70. The van der Waals surface area contributed by atoms with Crippen molar-refractivity contribution in [2.45, 2.75) is 6.54 Å². The number of hydrogen-bond donors (Lipinski definition) is 1. The summed E-state index contributed by atoms with van der Waals surface area (Å²) in [5.41, 5.74) is 6.04. The van der Waals surface area contributed by atoms with Crippen LogP contribution in [-0.4, -0.2) is 4.92 Å². The lowest BCUT2D eigenvalue weighted by Gasteiger charge is -2.02. The van der Waals surface area contributed by atoms with E-state index in [0.29, 0.717) is 3.57 Å². The summed E-state index contributed by atoms with van der Waals surface area (Å²) in [6, 6.07) is 4.60. The Balaban J connectivity index is 3.41. The van der Waals surface area contributed by atoms with E-state index < -0.39 is 4.92 Å². The van der Waals surface area contributed by atoms with Crippen molar-refractivity contribution in [2.24, 2.45) is 5.73 Å². The topological polar surface area (TPSA) is 93.0 Å². The molecule has 0 heterocycles. The molecule has 0 aliphatic carbocycles. The molecule has 0 aliphatic rings. The number of nitrogens with two attached hydrogens (primary N) is 1. The van der Waals surface area contributed by atoms with Crippen LogP contribution in [0.15, 0.2) is 12.1 Å². The van der Waals surface area contributed by atoms with Gasteiger partial charge in [0.25, 0.3) is 5.69 Å². The van der Waals surface area contributed by atoms with Gasteiger partial charge in [0.15, 0.2) is 0 Å². The summed E-state index contributed by atoms with van der Waals surface area (Å²) in [6.45, 7) is 0.269. The van der Waals surface area contributed by atoms with Crippen LogP contribution >= 0.6 is 22.6 Å². The SMILES string of the molecule is N#Cc1cc(CN)c(I)cc1[N+](=O)[O-]. The minimum Gasteiger partial charge on any atom is -0.326 e. The molecular weight excluding hydrogens is 297 g/mol. The number of hydrogen-bond acceptors (Lipinski definition) is 4. The van der Waals surface area contributed by atoms with E-state index in [0.717, 1.165) is 5.56 Å². The summed E-state index contributed by atoms with van der Waals surface area (Å²) in [7, 11) is 0. The van der Waals surface area contributed by atoms with E-state index in [1.165, 1.54) is 12.1 Å². The zero-order valence-corrected chi connectivity index (χ0v) is 9.19. The van der Waals surface area contributed by atoms with E-state index in [4.69, 9.17) is 11.0 Å². The number of nitriles is 1. The Kier molecular flexibility index (Phi) is 3.38. The van der Waals surface area contributed by atoms with Gasteiger partial charge in [-0.3, -0.25) is 10.1 Å². The third kappa shape index (κ3) is 2.00. The molecule has 6 heteroatoms. The second kappa shape index (κ2) is 4.34. The average Bonchev–Trinajstić information content (AvgIpc) is 2.17. The first-order valence-electron chi connectivity index (χ1n) is 3.67. The minimum absolute atomic E-state index is 0.0517. The van der Waals surface area contributed by atoms with Crippen LogP contribution in [0.5, 0.6) is 0 Å². The number of nitrogens with zero attached hydrogens (tertiary/aromatic N) is 2. The lowest BCUT2D eigenvalue weighted by Crippen LogP contribution is -2.02. The smallest absolute Gasteiger partial charge is 0.288 e. The number of benzene rings is 1. The van der Waals surface area contributed by atoms with Crippen LogP contribution in [0.2, 0.25) is 0 Å². The van der Waals surface area contributed by atoms with Crippen molar-refractivity contribution in [3.8, 4) is 6.07 Å². The van der Waals surface area contributed by atoms with Crippen molar-refractivity contribution >= 4 is 28.3 Å². The van der Waals surface area contributed by atoms with Crippen LogP contribution in [-0.2, 0) is 6.54 Å². The predicted molar refractivity (Wildman–Crippen MR) is 58.4 cm³/mol. The number of nitro benzene ring substituents is 1. The Morgan fingerprint density at radius 1 is 1.64 bits per heavy atom. The van der Waals surface area contributed by atoms with Gasteiger partial charge in [-0.1, -0.05) is 0 Å². The third-order valence-electron chi connectivity index (χ3n) is 1.70. The van der Waals surface area contributed by atoms with Crippen LogP contribution in [0.4, 0.5) is 5.69 Å². The Morgan fingerprint density at radius 2 is 2.29 bits per heavy atom. The van der Waals surface area contributed by atoms with E-state index in [-0.39, 0.29) is 17.8 Å². The fraction of sp³-hybridized carbons (Fsp3) is 0.125. The van der Waals surface area contributed by atoms with E-state index in [9.17, 15) is 10.1 Å². The van der Waals surface area contributed by atoms with Gasteiger partial charge in [-0.2, -0.15) is 5.26 Å². The fourth-order valence-electron chi connectivity index (χ4n) is 1.00. The molecule has 0 unspecified atom stereocenters. The quantitative estimate of drug-likeness (QED) is 0.509. The van der Waals surface area contributed by atoms with Crippen molar-refractivity contribution in [3.05, 3.63) is 36.9 Å². The largest absolute Gasteiger partial charge is 0.326 e. The zero-order valence-electron chi connectivity index (χ0n) is 7.03. The molecule has 0 amide bonds. The lowest BCUT2D eigenvalue weighted by atomic mass is 10.1. The van der Waals surface area contributed by atoms with Crippen LogP contribution in [0.25, 0.3) is 0 Å². The maximum absolute atomic E-state index is 10.6. The molecule has 0 saturated heterocycles. The highest BCUT2D eigenvalue weighted by Crippen LogP contribution is 2.24. The van der Waals surface area contributed by atoms with Crippen molar-refractivity contribution in [2.75, 3.05) is 0 Å². The molecule has 0 saturated carbocycles. The molecule has 0 atom stereocenters. The van der Waals surface area contributed by atoms with E-state index >= 15 is 0 Å². The highest BCUT2D eigenvalue weighted by Gasteiger charge is 2.16. The molecule has 2 N–H and O–H groups in total. The Hall–Kier alpha value is -1.20. The van der Waals surface area contributed by atoms with E-state index in [1.54, 1.807) is 6.07 Å². The summed E-state index contributed by atoms with van der Waals surface area (Å²) >= 11 is 1.96. The maximum atomic E-state index is 10.6. The van der Waals surface area contributed by atoms with Crippen LogP contribution in [0.1, 0.15) is 11.1 Å². The molecule has 0 fully saturated rings.